The van der Waals surface area contributed by atoms with Crippen LogP contribution in [-0.4, -0.2) is 43.6 Å². The summed E-state index contributed by atoms with van der Waals surface area (Å²) in [6.07, 6.45) is 2.17. The molecule has 4 rings (SSSR count). The molecule has 43 heavy (non-hydrogen) atoms. The molecule has 0 saturated carbocycles. The van der Waals surface area contributed by atoms with Gasteiger partial charge in [-0.25, -0.2) is 9.69 Å². The smallest absolute Gasteiger partial charge is 0.335 e. The molecule has 3 aromatic carbocycles. The molecule has 224 valence electrons. The van der Waals surface area contributed by atoms with Gasteiger partial charge in [0.2, 0.25) is 0 Å². The van der Waals surface area contributed by atoms with Gasteiger partial charge in [0, 0.05) is 11.8 Å². The minimum Gasteiger partial charge on any atom is -0.490 e. The Kier molecular flexibility index (Phi) is 10.2. The average Bonchev–Trinajstić information content (AvgIpc) is 2.96. The van der Waals surface area contributed by atoms with Crippen LogP contribution in [0.5, 0.6) is 17.2 Å². The Hall–Kier alpha value is -4.64. The van der Waals surface area contributed by atoms with Crippen molar-refractivity contribution in [1.29, 1.82) is 0 Å². The number of barbiturate groups is 1. The Balaban J connectivity index is 1.50. The van der Waals surface area contributed by atoms with Crippen molar-refractivity contribution in [3.8, 4) is 17.2 Å². The monoisotopic (exact) mass is 649 g/mol. The summed E-state index contributed by atoms with van der Waals surface area (Å²) in [5.74, 6) is -0.686. The van der Waals surface area contributed by atoms with Crippen molar-refractivity contribution >= 4 is 57.1 Å². The normalized spacial score (nSPS) is 14.0. The summed E-state index contributed by atoms with van der Waals surface area (Å²) in [4.78, 5) is 52.2. The van der Waals surface area contributed by atoms with Gasteiger partial charge in [-0.3, -0.25) is 19.7 Å². The van der Waals surface area contributed by atoms with Gasteiger partial charge < -0.3 is 19.5 Å². The number of halogens is 1. The maximum absolute atomic E-state index is 13.4. The standard InChI is InChI=1S/C32H32BrN3O7/c1-5-13-42-27-12-9-22(17-28(27)41-6-2)36-31(39)23(30(38)35-32(36)40)15-21-8-11-26(24(33)16-21)43-18-29(37)34-25-10-7-19(3)14-20(25)4/h7-12,14-17H,5-6,13,18H2,1-4H3,(H,34,37)(H,35,38,40)/b23-15+. The topological polar surface area (TPSA) is 123 Å². The van der Waals surface area contributed by atoms with Crippen LogP contribution in [0.4, 0.5) is 16.2 Å². The first-order valence-electron chi connectivity index (χ1n) is 13.7. The van der Waals surface area contributed by atoms with Crippen LogP contribution in [0.3, 0.4) is 0 Å². The fourth-order valence-electron chi connectivity index (χ4n) is 4.30. The Morgan fingerprint density at radius 2 is 1.70 bits per heavy atom. The highest BCUT2D eigenvalue weighted by Gasteiger charge is 2.37. The molecular formula is C32H32BrN3O7. The number of hydrogen-bond acceptors (Lipinski definition) is 7. The number of urea groups is 1. The molecule has 5 amide bonds. The SMILES string of the molecule is CCCOc1ccc(N2C(=O)NC(=O)/C(=C\c3ccc(OCC(=O)Nc4ccc(C)cc4C)c(Br)c3)C2=O)cc1OCC. The number of anilines is 2. The average molecular weight is 651 g/mol. The third kappa shape index (κ3) is 7.61. The Bertz CT molecular complexity index is 1600. The van der Waals surface area contributed by atoms with Crippen molar-refractivity contribution < 1.29 is 33.4 Å². The first-order valence-corrected chi connectivity index (χ1v) is 14.5. The van der Waals surface area contributed by atoms with E-state index in [-0.39, 0.29) is 23.8 Å². The first kappa shape index (κ1) is 31.3. The summed E-state index contributed by atoms with van der Waals surface area (Å²) in [5.41, 5.74) is 3.22. The van der Waals surface area contributed by atoms with Crippen LogP contribution in [0, 0.1) is 13.8 Å². The second kappa shape index (κ2) is 14.0. The van der Waals surface area contributed by atoms with Gasteiger partial charge in [-0.15, -0.1) is 0 Å². The molecule has 0 bridgehead atoms. The van der Waals surface area contributed by atoms with E-state index in [0.717, 1.165) is 22.4 Å². The van der Waals surface area contributed by atoms with E-state index in [2.05, 4.69) is 26.6 Å². The van der Waals surface area contributed by atoms with Gasteiger partial charge in [-0.05, 0) is 90.7 Å². The van der Waals surface area contributed by atoms with E-state index >= 15 is 0 Å². The van der Waals surface area contributed by atoms with Gasteiger partial charge in [-0.2, -0.15) is 0 Å². The molecule has 0 aromatic heterocycles. The zero-order valence-electron chi connectivity index (χ0n) is 24.3. The van der Waals surface area contributed by atoms with Crippen molar-refractivity contribution in [2.24, 2.45) is 0 Å². The minimum absolute atomic E-state index is 0.220. The largest absolute Gasteiger partial charge is 0.490 e. The van der Waals surface area contributed by atoms with Crippen LogP contribution >= 0.6 is 15.9 Å². The molecule has 1 aliphatic heterocycles. The number of imide groups is 2. The van der Waals surface area contributed by atoms with E-state index < -0.39 is 17.8 Å². The highest BCUT2D eigenvalue weighted by atomic mass is 79.9. The van der Waals surface area contributed by atoms with E-state index in [1.54, 1.807) is 30.3 Å². The van der Waals surface area contributed by atoms with Gasteiger partial charge >= 0.3 is 6.03 Å². The van der Waals surface area contributed by atoms with Crippen molar-refractivity contribution in [2.75, 3.05) is 30.0 Å². The minimum atomic E-state index is -0.874. The maximum atomic E-state index is 13.4. The van der Waals surface area contributed by atoms with Crippen LogP contribution in [0.1, 0.15) is 37.0 Å². The lowest BCUT2D eigenvalue weighted by Gasteiger charge is -2.27. The molecule has 11 heteroatoms. The fraction of sp³-hybridized carbons (Fsp3) is 0.250. The predicted octanol–water partition coefficient (Wildman–Crippen LogP) is 5.94. The molecule has 3 aromatic rings. The Morgan fingerprint density at radius 1 is 0.930 bits per heavy atom. The van der Waals surface area contributed by atoms with Gasteiger partial charge in [0.25, 0.3) is 17.7 Å². The quantitative estimate of drug-likeness (QED) is 0.195. The van der Waals surface area contributed by atoms with Gasteiger partial charge in [0.15, 0.2) is 18.1 Å². The molecular weight excluding hydrogens is 618 g/mol. The number of ether oxygens (including phenoxy) is 3. The molecule has 1 saturated heterocycles. The number of nitrogens with zero attached hydrogens (tertiary/aromatic N) is 1. The molecule has 2 N–H and O–H groups in total. The third-order valence-corrected chi connectivity index (χ3v) is 6.95. The zero-order valence-corrected chi connectivity index (χ0v) is 25.9. The second-order valence-corrected chi connectivity index (χ2v) is 10.6. The van der Waals surface area contributed by atoms with Crippen LogP contribution in [0.15, 0.2) is 64.6 Å². The molecule has 0 atom stereocenters. The molecule has 10 nitrogen and oxygen atoms in total. The summed E-state index contributed by atoms with van der Waals surface area (Å²) >= 11 is 3.42. The Labute approximate surface area is 258 Å². The van der Waals surface area contributed by atoms with Crippen molar-refractivity contribution in [3.05, 3.63) is 81.3 Å². The van der Waals surface area contributed by atoms with Crippen molar-refractivity contribution in [3.63, 3.8) is 0 Å². The lowest BCUT2D eigenvalue weighted by molar-refractivity contribution is -0.122. The number of aryl methyl sites for hydroxylation is 2. The number of carbonyl (C=O) groups is 4. The number of hydrogen-bond donors (Lipinski definition) is 2. The maximum Gasteiger partial charge on any atom is 0.335 e. The molecule has 1 heterocycles. The zero-order chi connectivity index (χ0) is 31.1. The number of amides is 5. The van der Waals surface area contributed by atoms with Gasteiger partial charge in [0.05, 0.1) is 23.4 Å². The molecule has 1 aliphatic rings. The predicted molar refractivity (Wildman–Crippen MR) is 167 cm³/mol. The Morgan fingerprint density at radius 3 is 2.40 bits per heavy atom. The van der Waals surface area contributed by atoms with E-state index in [4.69, 9.17) is 14.2 Å². The van der Waals surface area contributed by atoms with E-state index in [1.807, 2.05) is 45.9 Å². The van der Waals surface area contributed by atoms with Crippen LogP contribution in [-0.2, 0) is 14.4 Å². The van der Waals surface area contributed by atoms with E-state index in [9.17, 15) is 19.2 Å². The lowest BCUT2D eigenvalue weighted by Crippen LogP contribution is -2.54. The van der Waals surface area contributed by atoms with E-state index in [0.29, 0.717) is 46.2 Å². The summed E-state index contributed by atoms with van der Waals surface area (Å²) < 4.78 is 17.5. The van der Waals surface area contributed by atoms with E-state index in [1.165, 1.54) is 12.1 Å². The summed E-state index contributed by atoms with van der Waals surface area (Å²) in [5, 5.41) is 5.05. The van der Waals surface area contributed by atoms with Gasteiger partial charge in [-0.1, -0.05) is 30.7 Å². The number of carbonyl (C=O) groups excluding carboxylic acids is 4. The van der Waals surface area contributed by atoms with Crippen LogP contribution in [0.25, 0.3) is 6.08 Å². The number of rotatable bonds is 11. The second-order valence-electron chi connectivity index (χ2n) is 9.72. The molecule has 1 fully saturated rings. The molecule has 0 spiro atoms. The summed E-state index contributed by atoms with van der Waals surface area (Å²) in [7, 11) is 0. The first-order chi connectivity index (χ1) is 20.6. The molecule has 0 radical (unpaired) electrons. The summed E-state index contributed by atoms with van der Waals surface area (Å²) in [6.45, 7) is 8.27. The fourth-order valence-corrected chi connectivity index (χ4v) is 4.81. The summed E-state index contributed by atoms with van der Waals surface area (Å²) in [6, 6.07) is 14.4. The van der Waals surface area contributed by atoms with Crippen LogP contribution in [0.2, 0.25) is 0 Å². The van der Waals surface area contributed by atoms with Gasteiger partial charge in [0.1, 0.15) is 11.3 Å². The highest BCUT2D eigenvalue weighted by Crippen LogP contribution is 2.34. The lowest BCUT2D eigenvalue weighted by atomic mass is 10.1. The number of nitrogens with one attached hydrogen (secondary N) is 2. The number of benzene rings is 3. The van der Waals surface area contributed by atoms with Crippen molar-refractivity contribution in [2.45, 2.75) is 34.1 Å². The highest BCUT2D eigenvalue weighted by molar-refractivity contribution is 9.10. The third-order valence-electron chi connectivity index (χ3n) is 6.33. The van der Waals surface area contributed by atoms with Crippen molar-refractivity contribution in [1.82, 2.24) is 5.32 Å². The van der Waals surface area contributed by atoms with Crippen LogP contribution < -0.4 is 29.7 Å². The molecule has 0 unspecified atom stereocenters. The molecule has 0 aliphatic carbocycles.